The number of anilines is 1. The zero-order valence-electron chi connectivity index (χ0n) is 16.2. The van der Waals surface area contributed by atoms with Crippen LogP contribution in [0.4, 0.5) is 5.82 Å². The van der Waals surface area contributed by atoms with Crippen molar-refractivity contribution in [3.05, 3.63) is 23.9 Å². The van der Waals surface area contributed by atoms with Crippen LogP contribution in [0.25, 0.3) is 0 Å². The quantitative estimate of drug-likeness (QED) is 0.507. The minimum atomic E-state index is -0.193. The third-order valence-electron chi connectivity index (χ3n) is 4.81. The largest absolute Gasteiger partial charge is 0.369 e. The second kappa shape index (κ2) is 9.99. The number of aromatic nitrogens is 1. The molecule has 1 amide bonds. The van der Waals surface area contributed by atoms with E-state index in [0.717, 1.165) is 56.2 Å². The average Bonchev–Trinajstić information content (AvgIpc) is 2.66. The van der Waals surface area contributed by atoms with E-state index in [1.165, 1.54) is 0 Å². The Bertz CT molecular complexity index is 610. The predicted octanol–water partition coefficient (Wildman–Crippen LogP) is 1.64. The number of nitrogens with two attached hydrogens (primary N) is 1. The number of pyridine rings is 1. The molecule has 0 aromatic carbocycles. The molecule has 1 aromatic heterocycles. The molecule has 0 spiro atoms. The van der Waals surface area contributed by atoms with Crippen molar-refractivity contribution in [2.75, 3.05) is 24.5 Å². The van der Waals surface area contributed by atoms with Crippen molar-refractivity contribution < 1.29 is 4.79 Å². The van der Waals surface area contributed by atoms with Crippen LogP contribution in [0.5, 0.6) is 0 Å². The number of hydrogen-bond acceptors (Lipinski definition) is 4. The van der Waals surface area contributed by atoms with Gasteiger partial charge in [0.25, 0.3) is 0 Å². The number of carbonyl (C=O) groups excluding carboxylic acids is 1. The van der Waals surface area contributed by atoms with Crippen molar-refractivity contribution in [3.63, 3.8) is 0 Å². The second-order valence-electron chi connectivity index (χ2n) is 6.80. The second-order valence-corrected chi connectivity index (χ2v) is 6.80. The van der Waals surface area contributed by atoms with Crippen molar-refractivity contribution in [2.45, 2.75) is 52.6 Å². The number of hydrogen-bond donors (Lipinski definition) is 3. The van der Waals surface area contributed by atoms with E-state index in [1.807, 2.05) is 12.3 Å². The fourth-order valence-electron chi connectivity index (χ4n) is 3.03. The number of amides is 1. The van der Waals surface area contributed by atoms with Crippen LogP contribution >= 0.6 is 0 Å². The third kappa shape index (κ3) is 5.61. The fourth-order valence-corrected chi connectivity index (χ4v) is 3.03. The summed E-state index contributed by atoms with van der Waals surface area (Å²) in [6.07, 6.45) is 4.42. The minimum absolute atomic E-state index is 0.0171. The Kier molecular flexibility index (Phi) is 7.69. The minimum Gasteiger partial charge on any atom is -0.369 e. The molecule has 26 heavy (non-hydrogen) atoms. The van der Waals surface area contributed by atoms with E-state index in [2.05, 4.69) is 47.4 Å². The predicted molar refractivity (Wildman–Crippen MR) is 106 cm³/mol. The molecule has 1 unspecified atom stereocenters. The van der Waals surface area contributed by atoms with Gasteiger partial charge in [-0.05, 0) is 39.2 Å². The lowest BCUT2D eigenvalue weighted by Gasteiger charge is -2.32. The summed E-state index contributed by atoms with van der Waals surface area (Å²) < 4.78 is 0. The van der Waals surface area contributed by atoms with Gasteiger partial charge in [0.1, 0.15) is 5.82 Å². The van der Waals surface area contributed by atoms with Crippen LogP contribution in [0.1, 0.15) is 45.6 Å². The third-order valence-corrected chi connectivity index (χ3v) is 4.81. The Labute approximate surface area is 156 Å². The van der Waals surface area contributed by atoms with E-state index in [1.54, 1.807) is 0 Å². The number of primary amides is 1. The number of rotatable bonds is 7. The summed E-state index contributed by atoms with van der Waals surface area (Å²) in [5.41, 5.74) is 6.53. The topological polar surface area (TPSA) is 95.6 Å². The van der Waals surface area contributed by atoms with Crippen LogP contribution in [0, 0.1) is 5.92 Å². The van der Waals surface area contributed by atoms with Crippen molar-refractivity contribution in [2.24, 2.45) is 16.6 Å². The van der Waals surface area contributed by atoms with E-state index >= 15 is 0 Å². The van der Waals surface area contributed by atoms with Crippen LogP contribution in [0.2, 0.25) is 0 Å². The molecule has 2 rings (SSSR count). The van der Waals surface area contributed by atoms with Gasteiger partial charge in [-0.1, -0.05) is 13.0 Å². The van der Waals surface area contributed by atoms with Gasteiger partial charge in [0, 0.05) is 43.4 Å². The SMILES string of the molecule is CCNC(=NCc1cccnc1N1CCC(C(N)=O)CC1)NC(C)CC. The molecule has 0 bridgehead atoms. The highest BCUT2D eigenvalue weighted by Crippen LogP contribution is 2.24. The molecule has 1 aliphatic heterocycles. The highest BCUT2D eigenvalue weighted by Gasteiger charge is 2.24. The molecular weight excluding hydrogens is 328 g/mol. The molecular formula is C19H32N6O. The summed E-state index contributed by atoms with van der Waals surface area (Å²) in [6.45, 7) is 9.33. The maximum atomic E-state index is 11.4. The lowest BCUT2D eigenvalue weighted by atomic mass is 9.96. The average molecular weight is 361 g/mol. The number of nitrogens with one attached hydrogen (secondary N) is 2. The Morgan fingerprint density at radius 3 is 2.77 bits per heavy atom. The molecule has 144 valence electrons. The lowest BCUT2D eigenvalue weighted by Crippen LogP contribution is -2.42. The number of guanidine groups is 1. The molecule has 1 fully saturated rings. The molecule has 0 saturated carbocycles. The molecule has 2 heterocycles. The molecule has 7 nitrogen and oxygen atoms in total. The van der Waals surface area contributed by atoms with E-state index in [-0.39, 0.29) is 11.8 Å². The Morgan fingerprint density at radius 2 is 2.15 bits per heavy atom. The van der Waals surface area contributed by atoms with Gasteiger partial charge in [0.05, 0.1) is 6.54 Å². The first-order chi connectivity index (χ1) is 12.5. The van der Waals surface area contributed by atoms with Crippen molar-refractivity contribution in [1.82, 2.24) is 15.6 Å². The van der Waals surface area contributed by atoms with Gasteiger partial charge in [0.15, 0.2) is 5.96 Å². The van der Waals surface area contributed by atoms with Crippen LogP contribution in [-0.4, -0.2) is 42.5 Å². The van der Waals surface area contributed by atoms with E-state index in [9.17, 15) is 4.79 Å². The molecule has 1 aliphatic rings. The van der Waals surface area contributed by atoms with Crippen LogP contribution in [-0.2, 0) is 11.3 Å². The number of aliphatic imine (C=N–C) groups is 1. The molecule has 0 radical (unpaired) electrons. The van der Waals surface area contributed by atoms with E-state index in [4.69, 9.17) is 10.7 Å². The number of piperidine rings is 1. The summed E-state index contributed by atoms with van der Waals surface area (Å²) in [5, 5.41) is 6.70. The summed E-state index contributed by atoms with van der Waals surface area (Å²) in [5.74, 6) is 1.57. The van der Waals surface area contributed by atoms with Gasteiger partial charge in [0.2, 0.25) is 5.91 Å². The molecule has 4 N–H and O–H groups in total. The Morgan fingerprint density at radius 1 is 1.42 bits per heavy atom. The van der Waals surface area contributed by atoms with Gasteiger partial charge in [-0.15, -0.1) is 0 Å². The maximum absolute atomic E-state index is 11.4. The summed E-state index contributed by atoms with van der Waals surface area (Å²) in [7, 11) is 0. The zero-order chi connectivity index (χ0) is 18.9. The molecule has 7 heteroatoms. The first-order valence-corrected chi connectivity index (χ1v) is 9.58. The Hall–Kier alpha value is -2.31. The molecule has 1 aromatic rings. The standard InChI is InChI=1S/C19H32N6O/c1-4-14(3)24-19(21-5-2)23-13-16-7-6-10-22-18(16)25-11-8-15(9-12-25)17(20)26/h6-7,10,14-15H,4-5,8-9,11-13H2,1-3H3,(H2,20,26)(H2,21,23,24). The zero-order valence-corrected chi connectivity index (χ0v) is 16.2. The van der Waals surface area contributed by atoms with Crippen molar-refractivity contribution >= 4 is 17.7 Å². The molecule has 0 aliphatic carbocycles. The van der Waals surface area contributed by atoms with Gasteiger partial charge in [-0.25, -0.2) is 9.98 Å². The lowest BCUT2D eigenvalue weighted by molar-refractivity contribution is -0.122. The van der Waals surface area contributed by atoms with Gasteiger partial charge in [-0.2, -0.15) is 0 Å². The highest BCUT2D eigenvalue weighted by molar-refractivity contribution is 5.80. The van der Waals surface area contributed by atoms with Crippen molar-refractivity contribution in [3.8, 4) is 0 Å². The highest BCUT2D eigenvalue weighted by atomic mass is 16.1. The fraction of sp³-hybridized carbons (Fsp3) is 0.632. The maximum Gasteiger partial charge on any atom is 0.220 e. The van der Waals surface area contributed by atoms with Crippen LogP contribution < -0.4 is 21.3 Å². The van der Waals surface area contributed by atoms with Gasteiger partial charge in [-0.3, -0.25) is 4.79 Å². The summed E-state index contributed by atoms with van der Waals surface area (Å²) in [6, 6.07) is 4.38. The monoisotopic (exact) mass is 360 g/mol. The van der Waals surface area contributed by atoms with E-state index in [0.29, 0.717) is 12.6 Å². The van der Waals surface area contributed by atoms with Crippen LogP contribution in [0.15, 0.2) is 23.3 Å². The van der Waals surface area contributed by atoms with Gasteiger partial charge >= 0.3 is 0 Å². The van der Waals surface area contributed by atoms with Crippen LogP contribution in [0.3, 0.4) is 0 Å². The first kappa shape index (κ1) is 20.0. The van der Waals surface area contributed by atoms with Crippen molar-refractivity contribution in [1.29, 1.82) is 0 Å². The summed E-state index contributed by atoms with van der Waals surface area (Å²) in [4.78, 5) is 22.9. The van der Waals surface area contributed by atoms with E-state index < -0.39 is 0 Å². The number of nitrogens with zero attached hydrogens (tertiary/aromatic N) is 3. The summed E-state index contributed by atoms with van der Waals surface area (Å²) >= 11 is 0. The normalized spacial score (nSPS) is 17.0. The smallest absolute Gasteiger partial charge is 0.220 e. The first-order valence-electron chi connectivity index (χ1n) is 9.58. The number of carbonyl (C=O) groups is 1. The Balaban J connectivity index is 2.08. The van der Waals surface area contributed by atoms with Gasteiger partial charge < -0.3 is 21.3 Å². The molecule has 1 atom stereocenters. The molecule has 1 saturated heterocycles.